The first-order chi connectivity index (χ1) is 7.79. The van der Waals surface area contributed by atoms with E-state index in [-0.39, 0.29) is 11.8 Å². The Balaban J connectivity index is 2.16. The van der Waals surface area contributed by atoms with Crippen molar-refractivity contribution in [2.24, 2.45) is 16.0 Å². The van der Waals surface area contributed by atoms with E-state index in [4.69, 9.17) is 0 Å². The molecular weight excluding hydrogens is 202 g/mol. The van der Waals surface area contributed by atoms with Gasteiger partial charge in [-0.25, -0.2) is 5.43 Å². The second kappa shape index (κ2) is 3.27. The van der Waals surface area contributed by atoms with Crippen LogP contribution in [-0.4, -0.2) is 17.8 Å². The Hall–Kier alpha value is -1.97. The summed E-state index contributed by atoms with van der Waals surface area (Å²) in [5.74, 6) is -0.397. The molecule has 1 amide bonds. The number of carbonyl (C=O) groups excluding carboxylic acids is 1. The van der Waals surface area contributed by atoms with Crippen molar-refractivity contribution in [1.29, 1.82) is 0 Å². The smallest absolute Gasteiger partial charge is 0.254 e. The topological polar surface area (TPSA) is 53.8 Å². The van der Waals surface area contributed by atoms with Crippen molar-refractivity contribution in [2.45, 2.75) is 13.3 Å². The third kappa shape index (κ3) is 1.19. The molecule has 0 aliphatic carbocycles. The highest BCUT2D eigenvalue weighted by Gasteiger charge is 2.33. The summed E-state index contributed by atoms with van der Waals surface area (Å²) in [7, 11) is 0. The average Bonchev–Trinajstić information content (AvgIpc) is 2.71. The molecule has 0 saturated carbocycles. The van der Waals surface area contributed by atoms with Gasteiger partial charge in [-0.05, 0) is 24.1 Å². The first kappa shape index (κ1) is 9.27. The second-order valence-electron chi connectivity index (χ2n) is 3.93. The predicted molar refractivity (Wildman–Crippen MR) is 62.1 cm³/mol. The minimum Gasteiger partial charge on any atom is -0.272 e. The number of hydrogen-bond acceptors (Lipinski definition) is 3. The number of rotatable bonds is 1. The van der Waals surface area contributed by atoms with Crippen molar-refractivity contribution in [3.05, 3.63) is 29.3 Å². The lowest BCUT2D eigenvalue weighted by molar-refractivity contribution is -0.120. The number of hydrazone groups is 1. The SMILES string of the molecule is CCc1ccc2c(c1)C1=NNC(=O)C1C=N2. The molecule has 4 heteroatoms. The van der Waals surface area contributed by atoms with Crippen molar-refractivity contribution < 1.29 is 4.79 Å². The van der Waals surface area contributed by atoms with E-state index in [9.17, 15) is 4.79 Å². The van der Waals surface area contributed by atoms with Crippen LogP contribution in [0.2, 0.25) is 0 Å². The van der Waals surface area contributed by atoms with Crippen LogP contribution in [0.4, 0.5) is 5.69 Å². The highest BCUT2D eigenvalue weighted by Crippen LogP contribution is 2.29. The molecular formula is C12H11N3O. The molecule has 0 saturated heterocycles. The number of nitrogens with one attached hydrogen (secondary N) is 1. The van der Waals surface area contributed by atoms with Crippen molar-refractivity contribution in [3.63, 3.8) is 0 Å². The number of benzene rings is 1. The van der Waals surface area contributed by atoms with Crippen molar-refractivity contribution in [2.75, 3.05) is 0 Å². The zero-order valence-corrected chi connectivity index (χ0v) is 8.90. The summed E-state index contributed by atoms with van der Waals surface area (Å²) < 4.78 is 0. The molecule has 1 aromatic rings. The van der Waals surface area contributed by atoms with Gasteiger partial charge >= 0.3 is 0 Å². The third-order valence-electron chi connectivity index (χ3n) is 2.97. The third-order valence-corrected chi connectivity index (χ3v) is 2.97. The molecule has 0 bridgehead atoms. The zero-order chi connectivity index (χ0) is 11.1. The van der Waals surface area contributed by atoms with E-state index in [0.29, 0.717) is 0 Å². The van der Waals surface area contributed by atoms with Crippen molar-refractivity contribution >= 4 is 23.5 Å². The molecule has 0 spiro atoms. The fourth-order valence-corrected chi connectivity index (χ4v) is 2.02. The minimum atomic E-state index is -0.306. The Morgan fingerprint density at radius 2 is 2.31 bits per heavy atom. The van der Waals surface area contributed by atoms with Crippen LogP contribution in [-0.2, 0) is 11.2 Å². The van der Waals surface area contributed by atoms with Crippen LogP contribution in [0.1, 0.15) is 18.1 Å². The molecule has 4 nitrogen and oxygen atoms in total. The Morgan fingerprint density at radius 1 is 1.44 bits per heavy atom. The summed E-state index contributed by atoms with van der Waals surface area (Å²) in [6, 6.07) is 6.10. The molecule has 1 atom stereocenters. The quantitative estimate of drug-likeness (QED) is 0.753. The van der Waals surface area contributed by atoms with Crippen LogP contribution >= 0.6 is 0 Å². The number of carbonyl (C=O) groups is 1. The van der Waals surface area contributed by atoms with Gasteiger partial charge in [-0.1, -0.05) is 13.0 Å². The largest absolute Gasteiger partial charge is 0.272 e. The monoisotopic (exact) mass is 213 g/mol. The molecule has 0 fully saturated rings. The lowest BCUT2D eigenvalue weighted by Gasteiger charge is -2.14. The van der Waals surface area contributed by atoms with E-state index < -0.39 is 0 Å². The Kier molecular flexibility index (Phi) is 1.89. The van der Waals surface area contributed by atoms with Gasteiger partial charge in [0.05, 0.1) is 11.4 Å². The predicted octanol–water partition coefficient (Wildman–Crippen LogP) is 1.41. The maximum atomic E-state index is 11.5. The number of amides is 1. The molecule has 3 rings (SSSR count). The van der Waals surface area contributed by atoms with E-state index >= 15 is 0 Å². The van der Waals surface area contributed by atoms with E-state index in [1.165, 1.54) is 5.56 Å². The molecule has 2 heterocycles. The van der Waals surface area contributed by atoms with E-state index in [1.54, 1.807) is 6.21 Å². The fraction of sp³-hybridized carbons (Fsp3) is 0.250. The van der Waals surface area contributed by atoms with Gasteiger partial charge in [-0.3, -0.25) is 9.79 Å². The van der Waals surface area contributed by atoms with Crippen LogP contribution in [0.3, 0.4) is 0 Å². The number of hydrogen-bond donors (Lipinski definition) is 1. The highest BCUT2D eigenvalue weighted by molar-refractivity contribution is 6.27. The van der Waals surface area contributed by atoms with Crippen LogP contribution in [0.5, 0.6) is 0 Å². The average molecular weight is 213 g/mol. The van der Waals surface area contributed by atoms with Gasteiger partial charge in [0.2, 0.25) is 0 Å². The van der Waals surface area contributed by atoms with Crippen molar-refractivity contribution in [1.82, 2.24) is 5.43 Å². The molecule has 1 unspecified atom stereocenters. The molecule has 80 valence electrons. The van der Waals surface area contributed by atoms with E-state index in [0.717, 1.165) is 23.4 Å². The lowest BCUT2D eigenvalue weighted by atomic mass is 9.92. The molecule has 0 aromatic heterocycles. The van der Waals surface area contributed by atoms with Gasteiger partial charge in [0.15, 0.2) is 0 Å². The Morgan fingerprint density at radius 3 is 3.12 bits per heavy atom. The second-order valence-corrected chi connectivity index (χ2v) is 3.93. The molecule has 2 aliphatic rings. The number of nitrogens with zero attached hydrogens (tertiary/aromatic N) is 2. The summed E-state index contributed by atoms with van der Waals surface area (Å²) in [5, 5.41) is 4.08. The molecule has 16 heavy (non-hydrogen) atoms. The summed E-state index contributed by atoms with van der Waals surface area (Å²) in [6.45, 7) is 2.10. The molecule has 0 radical (unpaired) electrons. The Labute approximate surface area is 93.1 Å². The van der Waals surface area contributed by atoms with Crippen LogP contribution < -0.4 is 5.43 Å². The van der Waals surface area contributed by atoms with Gasteiger partial charge in [0.25, 0.3) is 5.91 Å². The fourth-order valence-electron chi connectivity index (χ4n) is 2.02. The number of fused-ring (bicyclic) bond motifs is 3. The zero-order valence-electron chi connectivity index (χ0n) is 8.90. The van der Waals surface area contributed by atoms with Crippen molar-refractivity contribution in [3.8, 4) is 0 Å². The van der Waals surface area contributed by atoms with Gasteiger partial charge in [-0.2, -0.15) is 5.10 Å². The van der Waals surface area contributed by atoms with Gasteiger partial charge in [0.1, 0.15) is 5.92 Å². The maximum absolute atomic E-state index is 11.5. The normalized spacial score (nSPS) is 21.2. The standard InChI is InChI=1S/C12H11N3O/c1-2-7-3-4-10-8(5-7)11-9(6-13-10)12(16)15-14-11/h3-6,9H,2H2,1H3,(H,15,16). The number of aliphatic imine (C=N–C) groups is 1. The maximum Gasteiger partial charge on any atom is 0.254 e. The van der Waals surface area contributed by atoms with Gasteiger partial charge in [0, 0.05) is 11.8 Å². The number of aryl methyl sites for hydroxylation is 1. The summed E-state index contributed by atoms with van der Waals surface area (Å²) >= 11 is 0. The Bertz CT molecular complexity index is 531. The highest BCUT2D eigenvalue weighted by atomic mass is 16.2. The molecule has 2 aliphatic heterocycles. The van der Waals surface area contributed by atoms with Crippen LogP contribution in [0, 0.1) is 5.92 Å². The van der Waals surface area contributed by atoms with Gasteiger partial charge < -0.3 is 0 Å². The summed E-state index contributed by atoms with van der Waals surface area (Å²) in [5.41, 5.74) is 6.40. The first-order valence-electron chi connectivity index (χ1n) is 5.34. The lowest BCUT2D eigenvalue weighted by Crippen LogP contribution is -2.26. The molecule has 1 aromatic carbocycles. The van der Waals surface area contributed by atoms with Crippen LogP contribution in [0.15, 0.2) is 28.3 Å². The summed E-state index contributed by atoms with van der Waals surface area (Å²) in [6.07, 6.45) is 2.63. The summed E-state index contributed by atoms with van der Waals surface area (Å²) in [4.78, 5) is 15.8. The molecule has 1 N–H and O–H groups in total. The van der Waals surface area contributed by atoms with E-state index in [2.05, 4.69) is 34.6 Å². The van der Waals surface area contributed by atoms with Gasteiger partial charge in [-0.15, -0.1) is 0 Å². The minimum absolute atomic E-state index is 0.0914. The first-order valence-corrected chi connectivity index (χ1v) is 5.34. The van der Waals surface area contributed by atoms with E-state index in [1.807, 2.05) is 6.07 Å². The van der Waals surface area contributed by atoms with Crippen LogP contribution in [0.25, 0.3) is 0 Å².